The molecule has 1 aromatic carbocycles. The van der Waals surface area contributed by atoms with Gasteiger partial charge in [-0.05, 0) is 110 Å². The summed E-state index contributed by atoms with van der Waals surface area (Å²) in [6.07, 6.45) is 13.9. The van der Waals surface area contributed by atoms with Crippen molar-refractivity contribution >= 4 is 28.3 Å². The van der Waals surface area contributed by atoms with Gasteiger partial charge < -0.3 is 0 Å². The third-order valence-electron chi connectivity index (χ3n) is 11.2. The summed E-state index contributed by atoms with van der Waals surface area (Å²) in [6, 6.07) is 5.81. The van der Waals surface area contributed by atoms with E-state index in [0.29, 0.717) is 22.8 Å². The lowest BCUT2D eigenvalue weighted by Crippen LogP contribution is -2.53. The first-order chi connectivity index (χ1) is 15.8. The minimum atomic E-state index is 0.171. The summed E-state index contributed by atoms with van der Waals surface area (Å²) in [5.41, 5.74) is 1.69. The van der Waals surface area contributed by atoms with Gasteiger partial charge in [-0.1, -0.05) is 38.8 Å². The van der Waals surface area contributed by atoms with Crippen molar-refractivity contribution in [2.45, 2.75) is 85.1 Å². The summed E-state index contributed by atoms with van der Waals surface area (Å²) in [5.74, 6) is 4.86. The molecular formula is C29H39ClN2O. The predicted molar refractivity (Wildman–Crippen MR) is 134 cm³/mol. The van der Waals surface area contributed by atoms with Gasteiger partial charge in [-0.2, -0.15) is 5.10 Å². The number of fused-ring (bicyclic) bond motifs is 6. The van der Waals surface area contributed by atoms with E-state index in [2.05, 4.69) is 25.9 Å². The molecule has 1 aromatic heterocycles. The zero-order chi connectivity index (χ0) is 23.0. The molecule has 33 heavy (non-hydrogen) atoms. The Balaban J connectivity index is 1.23. The number of carbonyl (C=O) groups is 1. The highest BCUT2D eigenvalue weighted by Gasteiger charge is 2.60. The Kier molecular flexibility index (Phi) is 5.25. The van der Waals surface area contributed by atoms with Crippen LogP contribution >= 0.6 is 11.6 Å². The second kappa shape index (κ2) is 7.83. The lowest BCUT2D eigenvalue weighted by atomic mass is 9.44. The molecule has 4 aliphatic carbocycles. The van der Waals surface area contributed by atoms with Gasteiger partial charge in [-0.25, -0.2) is 0 Å². The number of Topliss-reactive ketones (excluding diaryl/α,β-unsaturated/α-hetero) is 1. The van der Waals surface area contributed by atoms with E-state index >= 15 is 0 Å². The Morgan fingerprint density at radius 1 is 1.06 bits per heavy atom. The van der Waals surface area contributed by atoms with Crippen LogP contribution in [-0.2, 0) is 11.3 Å². The first kappa shape index (κ1) is 22.1. The zero-order valence-corrected chi connectivity index (χ0v) is 21.3. The van der Waals surface area contributed by atoms with Crippen molar-refractivity contribution in [3.05, 3.63) is 29.4 Å². The summed E-state index contributed by atoms with van der Waals surface area (Å²) in [6.45, 7) is 7.96. The maximum Gasteiger partial charge on any atom is 0.157 e. The van der Waals surface area contributed by atoms with E-state index in [-0.39, 0.29) is 11.3 Å². The van der Waals surface area contributed by atoms with E-state index in [1.165, 1.54) is 51.4 Å². The van der Waals surface area contributed by atoms with E-state index in [1.807, 2.05) is 29.1 Å². The molecule has 4 aliphatic rings. The van der Waals surface area contributed by atoms with Crippen LogP contribution in [0.15, 0.2) is 24.4 Å². The fourth-order valence-electron chi connectivity index (χ4n) is 9.43. The van der Waals surface area contributed by atoms with Gasteiger partial charge in [0.05, 0.1) is 11.7 Å². The molecule has 0 saturated heterocycles. The topological polar surface area (TPSA) is 34.9 Å². The smallest absolute Gasteiger partial charge is 0.157 e. The van der Waals surface area contributed by atoms with Crippen LogP contribution in [0, 0.1) is 46.3 Å². The van der Waals surface area contributed by atoms with Crippen LogP contribution in [-0.4, -0.2) is 15.6 Å². The molecule has 8 atom stereocenters. The fraction of sp³-hybridized carbons (Fsp3) is 0.724. The average molecular weight is 467 g/mol. The number of halogens is 1. The molecule has 4 fully saturated rings. The maximum absolute atomic E-state index is 13.7. The molecule has 0 bridgehead atoms. The van der Waals surface area contributed by atoms with Gasteiger partial charge in [0.2, 0.25) is 0 Å². The van der Waals surface area contributed by atoms with Crippen LogP contribution < -0.4 is 0 Å². The van der Waals surface area contributed by atoms with Crippen LogP contribution in [0.5, 0.6) is 0 Å². The Morgan fingerprint density at radius 2 is 1.85 bits per heavy atom. The number of carbonyl (C=O) groups excluding carboxylic acids is 1. The molecule has 4 heteroatoms. The lowest BCUT2D eigenvalue weighted by molar-refractivity contribution is -0.137. The lowest BCUT2D eigenvalue weighted by Gasteiger charge is -2.61. The van der Waals surface area contributed by atoms with Gasteiger partial charge in [0.25, 0.3) is 0 Å². The third-order valence-corrected chi connectivity index (χ3v) is 11.5. The Morgan fingerprint density at radius 3 is 2.70 bits per heavy atom. The standard InChI is InChI=1S/C29H39ClN2O/c1-18-10-12-28(2)20(14-18)5-7-22-23-8-9-25(29(23,3)13-11-24(22)28)27(33)17-32-26-15-21(30)6-4-19(26)16-31-32/h4,6,15-16,18,20,22-25H,5,7-14,17H2,1-3H3. The Labute approximate surface area is 203 Å². The molecule has 0 aliphatic heterocycles. The summed E-state index contributed by atoms with van der Waals surface area (Å²) in [7, 11) is 0. The number of benzene rings is 1. The molecule has 6 rings (SSSR count). The molecule has 178 valence electrons. The molecule has 8 unspecified atom stereocenters. The highest BCUT2D eigenvalue weighted by Crippen LogP contribution is 2.67. The normalized spacial score (nSPS) is 42.5. The monoisotopic (exact) mass is 466 g/mol. The van der Waals surface area contributed by atoms with Crippen molar-refractivity contribution in [1.29, 1.82) is 0 Å². The quantitative estimate of drug-likeness (QED) is 0.467. The van der Waals surface area contributed by atoms with Gasteiger partial charge in [-0.3, -0.25) is 9.48 Å². The molecule has 2 aromatic rings. The second-order valence-corrected chi connectivity index (χ2v) is 13.1. The van der Waals surface area contributed by atoms with Gasteiger partial charge in [-0.15, -0.1) is 0 Å². The summed E-state index contributed by atoms with van der Waals surface area (Å²) >= 11 is 6.23. The van der Waals surface area contributed by atoms with E-state index < -0.39 is 0 Å². The van der Waals surface area contributed by atoms with Crippen LogP contribution in [0.4, 0.5) is 0 Å². The number of hydrogen-bond acceptors (Lipinski definition) is 2. The summed E-state index contributed by atoms with van der Waals surface area (Å²) in [5, 5.41) is 6.29. The molecule has 4 saturated carbocycles. The van der Waals surface area contributed by atoms with Crippen molar-refractivity contribution in [2.75, 3.05) is 0 Å². The van der Waals surface area contributed by atoms with Crippen molar-refractivity contribution in [3.63, 3.8) is 0 Å². The van der Waals surface area contributed by atoms with Crippen molar-refractivity contribution in [3.8, 4) is 0 Å². The highest BCUT2D eigenvalue weighted by molar-refractivity contribution is 6.31. The Bertz CT molecular complexity index is 1080. The third kappa shape index (κ3) is 3.35. The second-order valence-electron chi connectivity index (χ2n) is 12.7. The van der Waals surface area contributed by atoms with Crippen molar-refractivity contribution in [1.82, 2.24) is 9.78 Å². The van der Waals surface area contributed by atoms with E-state index in [1.54, 1.807) is 0 Å². The molecule has 0 radical (unpaired) electrons. The summed E-state index contributed by atoms with van der Waals surface area (Å²) in [4.78, 5) is 13.7. The van der Waals surface area contributed by atoms with Crippen molar-refractivity contribution in [2.24, 2.45) is 46.3 Å². The van der Waals surface area contributed by atoms with Crippen molar-refractivity contribution < 1.29 is 4.79 Å². The van der Waals surface area contributed by atoms with Crippen LogP contribution in [0.1, 0.15) is 78.6 Å². The number of nitrogens with zero attached hydrogens (tertiary/aromatic N) is 2. The molecule has 0 amide bonds. The highest BCUT2D eigenvalue weighted by atomic mass is 35.5. The van der Waals surface area contributed by atoms with Crippen LogP contribution in [0.25, 0.3) is 10.9 Å². The molecule has 0 spiro atoms. The van der Waals surface area contributed by atoms with E-state index in [9.17, 15) is 4.79 Å². The summed E-state index contributed by atoms with van der Waals surface area (Å²) < 4.78 is 1.88. The zero-order valence-electron chi connectivity index (χ0n) is 20.5. The van der Waals surface area contributed by atoms with Crippen LogP contribution in [0.2, 0.25) is 5.02 Å². The molecule has 3 nitrogen and oxygen atoms in total. The number of ketones is 1. The van der Waals surface area contributed by atoms with Gasteiger partial charge in [0, 0.05) is 16.3 Å². The van der Waals surface area contributed by atoms with Gasteiger partial charge in [0.1, 0.15) is 6.54 Å². The number of rotatable bonds is 3. The largest absolute Gasteiger partial charge is 0.297 e. The molecule has 1 heterocycles. The minimum Gasteiger partial charge on any atom is -0.297 e. The van der Waals surface area contributed by atoms with Gasteiger partial charge in [0.15, 0.2) is 5.78 Å². The fourth-order valence-corrected chi connectivity index (χ4v) is 9.60. The number of aromatic nitrogens is 2. The van der Waals surface area contributed by atoms with E-state index in [4.69, 9.17) is 11.6 Å². The number of hydrogen-bond donors (Lipinski definition) is 0. The van der Waals surface area contributed by atoms with Crippen LogP contribution in [0.3, 0.4) is 0 Å². The average Bonchev–Trinajstić information content (AvgIpc) is 3.34. The maximum atomic E-state index is 13.7. The Hall–Kier alpha value is -1.35. The molecular weight excluding hydrogens is 428 g/mol. The first-order valence-electron chi connectivity index (χ1n) is 13.4. The van der Waals surface area contributed by atoms with Gasteiger partial charge >= 0.3 is 0 Å². The minimum absolute atomic E-state index is 0.171. The molecule has 0 N–H and O–H groups in total. The van der Waals surface area contributed by atoms with E-state index in [0.717, 1.165) is 46.9 Å². The SMILES string of the molecule is CC1CCC2(C)C(CCC3C2CCC2(C)C(C(=O)Cn4ncc5ccc(Cl)cc54)CCC32)C1. The first-order valence-corrected chi connectivity index (χ1v) is 13.8. The predicted octanol–water partition coefficient (Wildman–Crippen LogP) is 7.55.